The molecule has 0 aromatic carbocycles. The molecule has 0 amide bonds. The fourth-order valence-corrected chi connectivity index (χ4v) is 1.27. The fraction of sp³-hybridized carbons (Fsp3) is 1.00. The Bertz CT molecular complexity index is 104. The maximum atomic E-state index is 3.42. The largest absolute Gasteiger partial charge is 0.134 e. The molecule has 0 aromatic rings. The fourth-order valence-electron chi connectivity index (χ4n) is 0.875. The summed E-state index contributed by atoms with van der Waals surface area (Å²) in [6.07, 6.45) is 9.42. The first kappa shape index (κ1) is 19.3. The van der Waals surface area contributed by atoms with Crippen molar-refractivity contribution >= 4 is 63.7 Å². The molecule has 0 radical (unpaired) electrons. The summed E-state index contributed by atoms with van der Waals surface area (Å²) in [6.45, 7) is 4.32. The SMILES string of the molecule is CCC(Br)(Br)Br.CCCCCCCCBr. The summed E-state index contributed by atoms with van der Waals surface area (Å²) in [5, 5.41) is 1.18. The van der Waals surface area contributed by atoms with Crippen LogP contribution in [0.5, 0.6) is 0 Å². The van der Waals surface area contributed by atoms with E-state index in [1.165, 1.54) is 43.9 Å². The van der Waals surface area contributed by atoms with Gasteiger partial charge in [0.2, 0.25) is 0 Å². The van der Waals surface area contributed by atoms with Crippen LogP contribution in [-0.4, -0.2) is 7.47 Å². The summed E-state index contributed by atoms with van der Waals surface area (Å²) in [7, 11) is 0. The van der Waals surface area contributed by atoms with E-state index in [4.69, 9.17) is 0 Å². The van der Waals surface area contributed by atoms with Gasteiger partial charge in [-0.2, -0.15) is 0 Å². The van der Waals surface area contributed by atoms with E-state index in [0.717, 1.165) is 6.42 Å². The van der Waals surface area contributed by atoms with Gasteiger partial charge in [0.25, 0.3) is 0 Å². The molecule has 0 atom stereocenters. The molecule has 0 bridgehead atoms. The van der Waals surface area contributed by atoms with Crippen molar-refractivity contribution in [3.8, 4) is 0 Å². The van der Waals surface area contributed by atoms with Crippen molar-refractivity contribution in [1.82, 2.24) is 0 Å². The monoisotopic (exact) mass is 470 g/mol. The van der Waals surface area contributed by atoms with E-state index in [2.05, 4.69) is 77.6 Å². The average molecular weight is 474 g/mol. The standard InChI is InChI=1S/C8H17Br.C3H5Br3/c1-2-3-4-5-6-7-8-9;1-2-3(4,5)6/h2-8H2,1H3;2H2,1H3. The molecular weight excluding hydrogens is 452 g/mol. The summed E-state index contributed by atoms with van der Waals surface area (Å²) < 4.78 is -0.0208. The molecule has 0 saturated heterocycles. The molecule has 4 heteroatoms. The van der Waals surface area contributed by atoms with Crippen molar-refractivity contribution in [1.29, 1.82) is 0 Å². The van der Waals surface area contributed by atoms with Gasteiger partial charge in [-0.3, -0.25) is 0 Å². The van der Waals surface area contributed by atoms with E-state index < -0.39 is 0 Å². The number of unbranched alkanes of at least 4 members (excludes halogenated alkanes) is 5. The van der Waals surface area contributed by atoms with Crippen molar-refractivity contribution in [3.63, 3.8) is 0 Å². The van der Waals surface area contributed by atoms with Gasteiger partial charge in [0, 0.05) is 5.33 Å². The maximum Gasteiger partial charge on any atom is 0.134 e. The second-order valence-corrected chi connectivity index (χ2v) is 11.5. The van der Waals surface area contributed by atoms with Crippen molar-refractivity contribution in [2.24, 2.45) is 0 Å². The van der Waals surface area contributed by atoms with Crippen molar-refractivity contribution in [3.05, 3.63) is 0 Å². The van der Waals surface area contributed by atoms with Crippen molar-refractivity contribution in [2.45, 2.75) is 60.9 Å². The molecule has 94 valence electrons. The minimum atomic E-state index is -0.0208. The minimum absolute atomic E-state index is 0.0208. The summed E-state index contributed by atoms with van der Waals surface area (Å²) in [6, 6.07) is 0. The molecule has 0 unspecified atom stereocenters. The lowest BCUT2D eigenvalue weighted by Gasteiger charge is -2.04. The highest BCUT2D eigenvalue weighted by Crippen LogP contribution is 2.36. The summed E-state index contributed by atoms with van der Waals surface area (Å²) in [4.78, 5) is 0. The Morgan fingerprint density at radius 2 is 1.20 bits per heavy atom. The summed E-state index contributed by atoms with van der Waals surface area (Å²) in [5.41, 5.74) is 0. The minimum Gasteiger partial charge on any atom is -0.0928 e. The summed E-state index contributed by atoms with van der Waals surface area (Å²) in [5.74, 6) is 0. The molecular formula is C11H22Br4. The van der Waals surface area contributed by atoms with Crippen LogP contribution in [-0.2, 0) is 0 Å². The van der Waals surface area contributed by atoms with Crippen LogP contribution in [0.25, 0.3) is 0 Å². The molecule has 0 aliphatic carbocycles. The van der Waals surface area contributed by atoms with E-state index in [-0.39, 0.29) is 2.14 Å². The summed E-state index contributed by atoms with van der Waals surface area (Å²) >= 11 is 13.4. The smallest absolute Gasteiger partial charge is 0.0928 e. The van der Waals surface area contributed by atoms with Crippen molar-refractivity contribution < 1.29 is 0 Å². The van der Waals surface area contributed by atoms with Crippen LogP contribution in [0, 0.1) is 0 Å². The Hall–Kier alpha value is 1.92. The Labute approximate surface area is 129 Å². The molecule has 0 saturated carbocycles. The van der Waals surface area contributed by atoms with E-state index >= 15 is 0 Å². The third kappa shape index (κ3) is 25.9. The number of alkyl halides is 4. The molecule has 0 aliphatic rings. The zero-order valence-corrected chi connectivity index (χ0v) is 16.0. The Kier molecular flexibility index (Phi) is 18.0. The van der Waals surface area contributed by atoms with Gasteiger partial charge in [-0.1, -0.05) is 110 Å². The van der Waals surface area contributed by atoms with Gasteiger partial charge < -0.3 is 0 Å². The lowest BCUT2D eigenvalue weighted by Crippen LogP contribution is -1.92. The molecule has 0 aromatic heterocycles. The molecule has 15 heavy (non-hydrogen) atoms. The second kappa shape index (κ2) is 14.0. The average Bonchev–Trinajstić information content (AvgIpc) is 2.18. The predicted octanol–water partition coefficient (Wildman–Crippen LogP) is 6.98. The second-order valence-electron chi connectivity index (χ2n) is 3.43. The molecule has 0 aliphatic heterocycles. The Morgan fingerprint density at radius 1 is 0.800 bits per heavy atom. The van der Waals surface area contributed by atoms with Crippen LogP contribution < -0.4 is 0 Å². The van der Waals surface area contributed by atoms with Gasteiger partial charge >= 0.3 is 0 Å². The highest BCUT2D eigenvalue weighted by molar-refractivity contribution is 9.39. The molecule has 0 fully saturated rings. The van der Waals surface area contributed by atoms with Crippen LogP contribution in [0.2, 0.25) is 0 Å². The zero-order chi connectivity index (χ0) is 12.2. The highest BCUT2D eigenvalue weighted by Gasteiger charge is 2.11. The van der Waals surface area contributed by atoms with Gasteiger partial charge in [0.1, 0.15) is 2.14 Å². The normalized spacial score (nSPS) is 10.8. The van der Waals surface area contributed by atoms with Crippen LogP contribution in [0.1, 0.15) is 58.8 Å². The first-order valence-electron chi connectivity index (χ1n) is 5.60. The third-order valence-corrected chi connectivity index (χ3v) is 4.13. The van der Waals surface area contributed by atoms with E-state index in [1.54, 1.807) is 0 Å². The molecule has 0 rings (SSSR count). The molecule has 0 nitrogen and oxygen atoms in total. The van der Waals surface area contributed by atoms with E-state index in [1.807, 2.05) is 0 Å². The van der Waals surface area contributed by atoms with E-state index in [0.29, 0.717) is 0 Å². The first-order chi connectivity index (χ1) is 6.97. The van der Waals surface area contributed by atoms with Gasteiger partial charge in [-0.25, -0.2) is 0 Å². The topological polar surface area (TPSA) is 0 Å². The maximum absolute atomic E-state index is 3.42. The van der Waals surface area contributed by atoms with Gasteiger partial charge in [0.05, 0.1) is 0 Å². The number of hydrogen-bond donors (Lipinski definition) is 0. The predicted molar refractivity (Wildman–Crippen MR) is 87.0 cm³/mol. The molecule has 0 spiro atoms. The van der Waals surface area contributed by atoms with Crippen LogP contribution in [0.3, 0.4) is 0 Å². The van der Waals surface area contributed by atoms with Gasteiger partial charge in [-0.05, 0) is 12.8 Å². The van der Waals surface area contributed by atoms with Gasteiger partial charge in [-0.15, -0.1) is 0 Å². The first-order valence-corrected chi connectivity index (χ1v) is 9.10. The highest BCUT2D eigenvalue weighted by atomic mass is 80.0. The Balaban J connectivity index is 0. The number of rotatable bonds is 6. The lowest BCUT2D eigenvalue weighted by atomic mass is 10.1. The van der Waals surface area contributed by atoms with Gasteiger partial charge in [0.15, 0.2) is 0 Å². The molecule has 0 heterocycles. The quantitative estimate of drug-likeness (QED) is 0.288. The van der Waals surface area contributed by atoms with Crippen LogP contribution in [0.15, 0.2) is 0 Å². The lowest BCUT2D eigenvalue weighted by molar-refractivity contribution is 0.628. The number of hydrogen-bond acceptors (Lipinski definition) is 0. The molecule has 0 N–H and O–H groups in total. The Morgan fingerprint density at radius 3 is 1.53 bits per heavy atom. The zero-order valence-electron chi connectivity index (χ0n) is 9.67. The van der Waals surface area contributed by atoms with Crippen LogP contribution >= 0.6 is 63.7 Å². The van der Waals surface area contributed by atoms with E-state index in [9.17, 15) is 0 Å². The van der Waals surface area contributed by atoms with Crippen LogP contribution in [0.4, 0.5) is 0 Å². The third-order valence-electron chi connectivity index (χ3n) is 1.89. The number of halogens is 4. The van der Waals surface area contributed by atoms with Crippen molar-refractivity contribution in [2.75, 3.05) is 5.33 Å².